The van der Waals surface area contributed by atoms with Crippen molar-refractivity contribution >= 4 is 0 Å². The Bertz CT molecular complexity index is 399. The normalized spacial score (nSPS) is 19.2. The van der Waals surface area contributed by atoms with Gasteiger partial charge in [-0.1, -0.05) is 0 Å². The number of halogens is 1. The Kier molecular flexibility index (Phi) is 5.38. The Balaban J connectivity index is 1.75. The summed E-state index contributed by atoms with van der Waals surface area (Å²) in [4.78, 5) is 2.43. The number of hydrogen-bond donors (Lipinski definition) is 1. The van der Waals surface area contributed by atoms with Gasteiger partial charge < -0.3 is 14.7 Å². The maximum absolute atomic E-state index is 12.8. The van der Waals surface area contributed by atoms with Crippen LogP contribution in [0.3, 0.4) is 0 Å². The fourth-order valence-corrected chi connectivity index (χ4v) is 2.67. The Morgan fingerprint density at radius 1 is 1.25 bits per heavy atom. The number of aliphatic hydroxyl groups excluding tert-OH is 1. The summed E-state index contributed by atoms with van der Waals surface area (Å²) in [7, 11) is 0. The minimum absolute atomic E-state index is 0.276. The molecule has 1 heterocycles. The maximum Gasteiger partial charge on any atom is 0.123 e. The van der Waals surface area contributed by atoms with Gasteiger partial charge in [0.1, 0.15) is 18.2 Å². The molecule has 1 aliphatic heterocycles. The number of ether oxygens (including phenoxy) is 1. The van der Waals surface area contributed by atoms with Crippen LogP contribution >= 0.6 is 0 Å². The van der Waals surface area contributed by atoms with Gasteiger partial charge in [0.05, 0.1) is 6.10 Å². The maximum atomic E-state index is 12.8. The summed E-state index contributed by atoms with van der Waals surface area (Å²) >= 11 is 0. The van der Waals surface area contributed by atoms with Crippen molar-refractivity contribution in [3.05, 3.63) is 30.1 Å². The van der Waals surface area contributed by atoms with E-state index in [0.29, 0.717) is 17.7 Å². The van der Waals surface area contributed by atoms with Gasteiger partial charge in [0, 0.05) is 6.04 Å². The summed E-state index contributed by atoms with van der Waals surface area (Å²) in [5.74, 6) is 0.620. The first-order valence-corrected chi connectivity index (χ1v) is 7.36. The lowest BCUT2D eigenvalue weighted by atomic mass is 9.91. The van der Waals surface area contributed by atoms with Crippen molar-refractivity contribution in [3.8, 4) is 5.75 Å². The van der Waals surface area contributed by atoms with E-state index >= 15 is 0 Å². The molecule has 20 heavy (non-hydrogen) atoms. The Morgan fingerprint density at radius 3 is 2.40 bits per heavy atom. The van der Waals surface area contributed by atoms with E-state index in [4.69, 9.17) is 4.74 Å². The number of nitrogens with zero attached hydrogens (tertiary/aromatic N) is 1. The molecular weight excluding hydrogens is 257 g/mol. The number of likely N-dealkylation sites (tertiary alicyclic amines) is 1. The molecular formula is C16H24FNO2. The summed E-state index contributed by atoms with van der Waals surface area (Å²) in [6.07, 6.45) is 1.56. The van der Waals surface area contributed by atoms with Crippen LogP contribution in [0.5, 0.6) is 5.75 Å². The van der Waals surface area contributed by atoms with Crippen molar-refractivity contribution in [2.24, 2.45) is 5.92 Å². The zero-order valence-electron chi connectivity index (χ0n) is 12.3. The minimum atomic E-state index is -0.450. The molecule has 0 amide bonds. The first kappa shape index (κ1) is 15.3. The molecule has 2 rings (SSSR count). The van der Waals surface area contributed by atoms with Gasteiger partial charge in [-0.15, -0.1) is 0 Å². The Hall–Kier alpha value is -1.13. The highest BCUT2D eigenvalue weighted by molar-refractivity contribution is 5.22. The van der Waals surface area contributed by atoms with E-state index in [1.807, 2.05) is 0 Å². The molecule has 1 unspecified atom stereocenters. The van der Waals surface area contributed by atoms with E-state index in [2.05, 4.69) is 18.7 Å². The van der Waals surface area contributed by atoms with Gasteiger partial charge in [0.2, 0.25) is 0 Å². The molecule has 1 aliphatic rings. The summed E-state index contributed by atoms with van der Waals surface area (Å²) < 4.78 is 18.3. The summed E-state index contributed by atoms with van der Waals surface area (Å²) in [5, 5.41) is 10.2. The van der Waals surface area contributed by atoms with Crippen LogP contribution in [-0.2, 0) is 0 Å². The van der Waals surface area contributed by atoms with Gasteiger partial charge in [-0.05, 0) is 70.0 Å². The number of hydrogen-bond acceptors (Lipinski definition) is 3. The number of benzene rings is 1. The molecule has 1 fully saturated rings. The topological polar surface area (TPSA) is 32.7 Å². The van der Waals surface area contributed by atoms with Gasteiger partial charge >= 0.3 is 0 Å². The second kappa shape index (κ2) is 7.04. The second-order valence-corrected chi connectivity index (χ2v) is 5.80. The van der Waals surface area contributed by atoms with Crippen LogP contribution in [-0.4, -0.2) is 41.8 Å². The minimum Gasteiger partial charge on any atom is -0.491 e. The second-order valence-electron chi connectivity index (χ2n) is 5.80. The molecule has 0 aliphatic carbocycles. The molecule has 1 aromatic rings. The molecule has 3 nitrogen and oxygen atoms in total. The molecule has 1 aromatic carbocycles. The van der Waals surface area contributed by atoms with E-state index in [0.717, 1.165) is 25.9 Å². The molecule has 0 aromatic heterocycles. The quantitative estimate of drug-likeness (QED) is 0.900. The van der Waals surface area contributed by atoms with Gasteiger partial charge in [0.25, 0.3) is 0 Å². The zero-order valence-corrected chi connectivity index (χ0v) is 12.3. The monoisotopic (exact) mass is 281 g/mol. The van der Waals surface area contributed by atoms with Crippen molar-refractivity contribution in [2.45, 2.75) is 38.8 Å². The fraction of sp³-hybridized carbons (Fsp3) is 0.625. The molecule has 1 saturated heterocycles. The molecule has 0 saturated carbocycles. The number of rotatable bonds is 5. The molecule has 0 radical (unpaired) electrons. The van der Waals surface area contributed by atoms with Crippen LogP contribution in [0.15, 0.2) is 24.3 Å². The standard InChI is InChI=1S/C16H24FNO2/c1-12(2)18-9-7-13(8-10-18)16(19)11-20-15-5-3-14(17)4-6-15/h3-6,12-13,16,19H,7-11H2,1-2H3. The first-order valence-electron chi connectivity index (χ1n) is 7.36. The highest BCUT2D eigenvalue weighted by atomic mass is 19.1. The van der Waals surface area contributed by atoms with Crippen molar-refractivity contribution < 1.29 is 14.2 Å². The van der Waals surface area contributed by atoms with Crippen LogP contribution in [0.2, 0.25) is 0 Å². The van der Waals surface area contributed by atoms with Crippen LogP contribution < -0.4 is 4.74 Å². The van der Waals surface area contributed by atoms with Crippen molar-refractivity contribution in [3.63, 3.8) is 0 Å². The van der Waals surface area contributed by atoms with Crippen molar-refractivity contribution in [1.29, 1.82) is 0 Å². The Labute approximate surface area is 120 Å². The number of piperidine rings is 1. The van der Waals surface area contributed by atoms with Gasteiger partial charge in [-0.2, -0.15) is 0 Å². The van der Waals surface area contributed by atoms with Gasteiger partial charge in [0.15, 0.2) is 0 Å². The molecule has 1 N–H and O–H groups in total. The van der Waals surface area contributed by atoms with Gasteiger partial charge in [-0.3, -0.25) is 0 Å². The lowest BCUT2D eigenvalue weighted by Crippen LogP contribution is -2.42. The third kappa shape index (κ3) is 4.18. The highest BCUT2D eigenvalue weighted by Gasteiger charge is 2.26. The third-order valence-corrected chi connectivity index (χ3v) is 4.08. The van der Waals surface area contributed by atoms with E-state index < -0.39 is 6.10 Å². The molecule has 112 valence electrons. The van der Waals surface area contributed by atoms with Crippen LogP contribution in [0.1, 0.15) is 26.7 Å². The molecule has 4 heteroatoms. The lowest BCUT2D eigenvalue weighted by Gasteiger charge is -2.36. The predicted molar refractivity (Wildman–Crippen MR) is 77.3 cm³/mol. The van der Waals surface area contributed by atoms with E-state index in [1.54, 1.807) is 12.1 Å². The molecule has 1 atom stereocenters. The summed E-state index contributed by atoms with van der Waals surface area (Å²) in [6.45, 7) is 6.76. The Morgan fingerprint density at radius 2 is 1.85 bits per heavy atom. The highest BCUT2D eigenvalue weighted by Crippen LogP contribution is 2.23. The van der Waals surface area contributed by atoms with Crippen LogP contribution in [0, 0.1) is 11.7 Å². The lowest BCUT2D eigenvalue weighted by molar-refractivity contribution is 0.0204. The van der Waals surface area contributed by atoms with E-state index in [-0.39, 0.29) is 12.4 Å². The van der Waals surface area contributed by atoms with E-state index in [1.165, 1.54) is 12.1 Å². The first-order chi connectivity index (χ1) is 9.56. The fourth-order valence-electron chi connectivity index (χ4n) is 2.67. The summed E-state index contributed by atoms with van der Waals surface area (Å²) in [5.41, 5.74) is 0. The third-order valence-electron chi connectivity index (χ3n) is 4.08. The average molecular weight is 281 g/mol. The molecule has 0 spiro atoms. The van der Waals surface area contributed by atoms with Gasteiger partial charge in [-0.25, -0.2) is 4.39 Å². The van der Waals surface area contributed by atoms with Crippen LogP contribution in [0.25, 0.3) is 0 Å². The smallest absolute Gasteiger partial charge is 0.123 e. The molecule has 0 bridgehead atoms. The average Bonchev–Trinajstić information content (AvgIpc) is 2.46. The zero-order chi connectivity index (χ0) is 14.5. The van der Waals surface area contributed by atoms with Crippen LogP contribution in [0.4, 0.5) is 4.39 Å². The summed E-state index contributed by atoms with van der Waals surface area (Å²) in [6, 6.07) is 6.47. The SMILES string of the molecule is CC(C)N1CCC(C(O)COc2ccc(F)cc2)CC1. The van der Waals surface area contributed by atoms with E-state index in [9.17, 15) is 9.50 Å². The largest absolute Gasteiger partial charge is 0.491 e. The van der Waals surface area contributed by atoms with Crippen molar-refractivity contribution in [2.75, 3.05) is 19.7 Å². The predicted octanol–water partition coefficient (Wildman–Crippen LogP) is 2.69. The van der Waals surface area contributed by atoms with Crippen molar-refractivity contribution in [1.82, 2.24) is 4.90 Å². The number of aliphatic hydroxyl groups is 1.